The van der Waals surface area contributed by atoms with Crippen LogP contribution in [0.2, 0.25) is 0 Å². The van der Waals surface area contributed by atoms with Crippen molar-refractivity contribution >= 4 is 5.90 Å². The Morgan fingerprint density at radius 2 is 1.96 bits per heavy atom. The summed E-state index contributed by atoms with van der Waals surface area (Å²) >= 11 is 0. The van der Waals surface area contributed by atoms with E-state index in [0.717, 1.165) is 38.2 Å². The Morgan fingerprint density at radius 3 is 2.56 bits per heavy atom. The van der Waals surface area contributed by atoms with Crippen molar-refractivity contribution in [2.75, 3.05) is 0 Å². The van der Waals surface area contributed by atoms with Crippen LogP contribution in [0.1, 0.15) is 75.0 Å². The van der Waals surface area contributed by atoms with E-state index in [1.54, 1.807) is 19.1 Å². The van der Waals surface area contributed by atoms with Gasteiger partial charge in [-0.3, -0.25) is 0 Å². The second-order valence-electron chi connectivity index (χ2n) is 6.77. The van der Waals surface area contributed by atoms with Crippen molar-refractivity contribution in [1.82, 2.24) is 0 Å². The van der Waals surface area contributed by atoms with Gasteiger partial charge in [-0.15, -0.1) is 5.16 Å². The molecule has 2 rings (SSSR count). The van der Waals surface area contributed by atoms with Crippen LogP contribution in [0.3, 0.4) is 0 Å². The maximum Gasteiger partial charge on any atom is 0.416 e. The van der Waals surface area contributed by atoms with E-state index in [1.807, 2.05) is 6.92 Å². The third kappa shape index (κ3) is 5.38. The summed E-state index contributed by atoms with van der Waals surface area (Å²) in [5.74, 6) is -0.672. The van der Waals surface area contributed by atoms with E-state index in [4.69, 9.17) is 4.84 Å². The molecule has 0 amide bonds. The van der Waals surface area contributed by atoms with E-state index in [1.165, 1.54) is 0 Å². The number of rotatable bonds is 6. The van der Waals surface area contributed by atoms with Crippen molar-refractivity contribution < 1.29 is 23.1 Å². The molecule has 0 spiro atoms. The first-order valence-electron chi connectivity index (χ1n) is 8.89. The fraction of sp³-hybridized carbons (Fsp3) is 0.632. The molecule has 0 saturated heterocycles. The molecule has 0 heterocycles. The SMILES string of the molecule is CCC(C)/C([O-])=N\OCc1ccc(C2CCCCC2)c(C(F)(F)F)c1. The van der Waals surface area contributed by atoms with Crippen LogP contribution in [-0.2, 0) is 17.6 Å². The van der Waals surface area contributed by atoms with Gasteiger partial charge in [0.05, 0.1) is 5.56 Å². The highest BCUT2D eigenvalue weighted by Gasteiger charge is 2.35. The standard InChI is InChI=1S/C19H26F3NO2/c1-3-13(2)18(24)23-25-12-14-9-10-16(15-7-5-4-6-8-15)17(11-14)19(20,21)22/h9-11,13,15H,3-8,12H2,1-2H3,(H,23,24)/p-1. The lowest BCUT2D eigenvalue weighted by Gasteiger charge is -2.25. The summed E-state index contributed by atoms with van der Waals surface area (Å²) in [5.41, 5.74) is 0.157. The van der Waals surface area contributed by atoms with Gasteiger partial charge in [0, 0.05) is 5.90 Å². The van der Waals surface area contributed by atoms with Gasteiger partial charge < -0.3 is 9.94 Å². The minimum atomic E-state index is -4.40. The molecule has 1 fully saturated rings. The molecule has 1 aliphatic rings. The van der Waals surface area contributed by atoms with Crippen LogP contribution in [0.4, 0.5) is 13.2 Å². The normalized spacial score (nSPS) is 18.2. The number of halogens is 3. The average molecular weight is 356 g/mol. The molecule has 1 aromatic rings. The van der Waals surface area contributed by atoms with Gasteiger partial charge >= 0.3 is 6.18 Å². The van der Waals surface area contributed by atoms with Gasteiger partial charge in [0.25, 0.3) is 0 Å². The van der Waals surface area contributed by atoms with Gasteiger partial charge in [-0.1, -0.05) is 45.2 Å². The van der Waals surface area contributed by atoms with E-state index in [2.05, 4.69) is 5.16 Å². The van der Waals surface area contributed by atoms with Crippen molar-refractivity contribution in [3.8, 4) is 0 Å². The first-order chi connectivity index (χ1) is 11.8. The summed E-state index contributed by atoms with van der Waals surface area (Å²) in [5, 5.41) is 15.1. The van der Waals surface area contributed by atoms with Crippen molar-refractivity contribution in [2.24, 2.45) is 11.1 Å². The Hall–Kier alpha value is -1.72. The zero-order chi connectivity index (χ0) is 18.4. The lowest BCUT2D eigenvalue weighted by atomic mass is 9.81. The third-order valence-electron chi connectivity index (χ3n) is 4.89. The predicted octanol–water partition coefficient (Wildman–Crippen LogP) is 4.99. The number of hydrogen-bond acceptors (Lipinski definition) is 3. The molecule has 1 saturated carbocycles. The Kier molecular flexibility index (Phi) is 6.73. The smallest absolute Gasteiger partial charge is 0.416 e. The van der Waals surface area contributed by atoms with Gasteiger partial charge in [-0.2, -0.15) is 13.2 Å². The molecule has 1 aliphatic carbocycles. The van der Waals surface area contributed by atoms with Crippen molar-refractivity contribution in [2.45, 2.75) is 71.1 Å². The van der Waals surface area contributed by atoms with Crippen molar-refractivity contribution in [1.29, 1.82) is 0 Å². The average Bonchev–Trinajstić information content (AvgIpc) is 2.60. The molecular weight excluding hydrogens is 331 g/mol. The van der Waals surface area contributed by atoms with Crippen LogP contribution in [0.15, 0.2) is 23.4 Å². The van der Waals surface area contributed by atoms with Crippen LogP contribution in [-0.4, -0.2) is 5.90 Å². The molecule has 1 atom stereocenters. The molecule has 1 aromatic carbocycles. The van der Waals surface area contributed by atoms with E-state index < -0.39 is 17.6 Å². The third-order valence-corrected chi connectivity index (χ3v) is 4.89. The van der Waals surface area contributed by atoms with Crippen LogP contribution in [0.5, 0.6) is 0 Å². The minimum absolute atomic E-state index is 0.0305. The predicted molar refractivity (Wildman–Crippen MR) is 88.9 cm³/mol. The first-order valence-corrected chi connectivity index (χ1v) is 8.89. The fourth-order valence-corrected chi connectivity index (χ4v) is 3.14. The highest BCUT2D eigenvalue weighted by atomic mass is 19.4. The molecule has 0 N–H and O–H groups in total. The lowest BCUT2D eigenvalue weighted by molar-refractivity contribution is -0.228. The maximum absolute atomic E-state index is 13.5. The number of alkyl halides is 3. The first kappa shape index (κ1) is 19.6. The summed E-state index contributed by atoms with van der Waals surface area (Å²) in [6.07, 6.45) is 0.893. The zero-order valence-corrected chi connectivity index (χ0v) is 14.7. The maximum atomic E-state index is 13.5. The van der Waals surface area contributed by atoms with Gasteiger partial charge in [0.1, 0.15) is 6.61 Å². The quantitative estimate of drug-likeness (QED) is 0.409. The monoisotopic (exact) mass is 356 g/mol. The summed E-state index contributed by atoms with van der Waals surface area (Å²) in [6, 6.07) is 4.34. The zero-order valence-electron chi connectivity index (χ0n) is 14.7. The number of oxime groups is 1. The van der Waals surface area contributed by atoms with Crippen LogP contribution < -0.4 is 5.11 Å². The Balaban J connectivity index is 2.15. The second-order valence-corrected chi connectivity index (χ2v) is 6.77. The molecular formula is C19H25F3NO2-. The van der Waals surface area contributed by atoms with Gasteiger partial charge in [0.15, 0.2) is 0 Å². The Morgan fingerprint density at radius 1 is 1.28 bits per heavy atom. The highest BCUT2D eigenvalue weighted by molar-refractivity contribution is 5.73. The molecule has 6 heteroatoms. The lowest BCUT2D eigenvalue weighted by Crippen LogP contribution is -2.25. The molecule has 3 nitrogen and oxygen atoms in total. The molecule has 140 valence electrons. The largest absolute Gasteiger partial charge is 0.859 e. The second kappa shape index (κ2) is 8.59. The van der Waals surface area contributed by atoms with Gasteiger partial charge in [-0.05, 0) is 48.3 Å². The van der Waals surface area contributed by atoms with E-state index in [-0.39, 0.29) is 18.4 Å². The molecule has 0 aromatic heterocycles. The highest BCUT2D eigenvalue weighted by Crippen LogP contribution is 2.41. The van der Waals surface area contributed by atoms with Crippen LogP contribution in [0.25, 0.3) is 0 Å². The molecule has 25 heavy (non-hydrogen) atoms. The number of nitrogens with zero attached hydrogens (tertiary/aromatic N) is 1. The van der Waals surface area contributed by atoms with Crippen LogP contribution >= 0.6 is 0 Å². The molecule has 1 unspecified atom stereocenters. The Bertz CT molecular complexity index is 593. The fourth-order valence-electron chi connectivity index (χ4n) is 3.14. The number of hydrogen-bond donors (Lipinski definition) is 0. The van der Waals surface area contributed by atoms with E-state index in [9.17, 15) is 18.3 Å². The topological polar surface area (TPSA) is 44.7 Å². The summed E-state index contributed by atoms with van der Waals surface area (Å²) in [6.45, 7) is 3.45. The molecule has 0 radical (unpaired) electrons. The van der Waals surface area contributed by atoms with Crippen molar-refractivity contribution in [3.05, 3.63) is 34.9 Å². The van der Waals surface area contributed by atoms with E-state index in [0.29, 0.717) is 17.5 Å². The Labute approximate surface area is 146 Å². The van der Waals surface area contributed by atoms with Crippen molar-refractivity contribution in [3.63, 3.8) is 0 Å². The number of benzene rings is 1. The van der Waals surface area contributed by atoms with Gasteiger partial charge in [-0.25, -0.2) is 0 Å². The summed E-state index contributed by atoms with van der Waals surface area (Å²) in [4.78, 5) is 4.97. The van der Waals surface area contributed by atoms with Crippen LogP contribution in [0, 0.1) is 5.92 Å². The molecule has 0 aliphatic heterocycles. The summed E-state index contributed by atoms with van der Waals surface area (Å²) < 4.78 is 40.4. The van der Waals surface area contributed by atoms with Gasteiger partial charge in [0.2, 0.25) is 0 Å². The minimum Gasteiger partial charge on any atom is -0.859 e. The van der Waals surface area contributed by atoms with E-state index >= 15 is 0 Å². The molecule has 0 bridgehead atoms. The summed E-state index contributed by atoms with van der Waals surface area (Å²) in [7, 11) is 0.